The van der Waals surface area contributed by atoms with E-state index in [-0.39, 0.29) is 22.2 Å². The predicted molar refractivity (Wildman–Crippen MR) is 82.0 cm³/mol. The number of carbonyl (C=O) groups is 2. The second-order valence-corrected chi connectivity index (χ2v) is 5.48. The van der Waals surface area contributed by atoms with Crippen molar-refractivity contribution in [3.63, 3.8) is 0 Å². The van der Waals surface area contributed by atoms with Gasteiger partial charge in [0.15, 0.2) is 0 Å². The summed E-state index contributed by atoms with van der Waals surface area (Å²) in [6, 6.07) is 9.86. The molecule has 0 fully saturated rings. The smallest absolute Gasteiger partial charge is 0.338 e. The predicted octanol–water partition coefficient (Wildman–Crippen LogP) is 3.16. The van der Waals surface area contributed by atoms with Gasteiger partial charge in [0.1, 0.15) is 5.03 Å². The van der Waals surface area contributed by atoms with E-state index in [0.717, 1.165) is 17.4 Å². The summed E-state index contributed by atoms with van der Waals surface area (Å²) in [5.41, 5.74) is 0.773. The lowest BCUT2D eigenvalue weighted by molar-refractivity contribution is -0.109. The number of benzene rings is 1. The first kappa shape index (κ1) is 15.3. The average Bonchev–Trinajstić information content (AvgIpc) is 2.47. The van der Waals surface area contributed by atoms with Crippen LogP contribution in [0.5, 0.6) is 0 Å². The highest BCUT2D eigenvalue weighted by atomic mass is 35.5. The number of nitrogens with zero attached hydrogens (tertiary/aromatic N) is 1. The number of carboxylic acid groups (broad SMARTS) is 1. The normalized spacial score (nSPS) is 10.1. The number of pyridine rings is 1. The third kappa shape index (κ3) is 4.47. The Morgan fingerprint density at radius 3 is 2.62 bits per heavy atom. The number of halogens is 1. The lowest BCUT2D eigenvalue weighted by Gasteiger charge is -2.06. The van der Waals surface area contributed by atoms with Crippen LogP contribution in [0.1, 0.15) is 10.4 Å². The molecule has 2 aromatic rings. The fourth-order valence-corrected chi connectivity index (χ4v) is 2.39. The van der Waals surface area contributed by atoms with Crippen molar-refractivity contribution < 1.29 is 14.7 Å². The van der Waals surface area contributed by atoms with Gasteiger partial charge in [-0.1, -0.05) is 11.6 Å². The van der Waals surface area contributed by atoms with Gasteiger partial charge in [0.05, 0.1) is 12.1 Å². The van der Waals surface area contributed by atoms with Crippen LogP contribution in [0.15, 0.2) is 47.6 Å². The van der Waals surface area contributed by atoms with E-state index < -0.39 is 5.97 Å². The lowest BCUT2D eigenvalue weighted by Crippen LogP contribution is -2.11. The SMILES string of the molecule is O=C(CNc1ccc(Cl)cc1)Sc1ncccc1C(=O)O. The highest BCUT2D eigenvalue weighted by Crippen LogP contribution is 2.21. The summed E-state index contributed by atoms with van der Waals surface area (Å²) in [6.07, 6.45) is 1.45. The van der Waals surface area contributed by atoms with Crippen molar-refractivity contribution in [2.45, 2.75) is 5.03 Å². The van der Waals surface area contributed by atoms with E-state index in [4.69, 9.17) is 16.7 Å². The van der Waals surface area contributed by atoms with Gasteiger partial charge in [-0.05, 0) is 48.2 Å². The fraction of sp³-hybridized carbons (Fsp3) is 0.0714. The standard InChI is InChI=1S/C14H11ClN2O3S/c15-9-3-5-10(6-4-9)17-8-12(18)21-13-11(14(19)20)2-1-7-16-13/h1-7,17H,8H2,(H,19,20). The van der Waals surface area contributed by atoms with E-state index in [2.05, 4.69) is 10.3 Å². The van der Waals surface area contributed by atoms with Crippen LogP contribution in [0.2, 0.25) is 5.02 Å². The number of hydrogen-bond donors (Lipinski definition) is 2. The van der Waals surface area contributed by atoms with E-state index in [1.165, 1.54) is 18.3 Å². The van der Waals surface area contributed by atoms with Gasteiger partial charge in [-0.15, -0.1) is 0 Å². The molecule has 0 spiro atoms. The maximum absolute atomic E-state index is 11.9. The van der Waals surface area contributed by atoms with Crippen LogP contribution in [0.3, 0.4) is 0 Å². The molecule has 1 aromatic carbocycles. The number of anilines is 1. The summed E-state index contributed by atoms with van der Waals surface area (Å²) in [4.78, 5) is 26.8. The highest BCUT2D eigenvalue weighted by Gasteiger charge is 2.14. The second kappa shape index (κ2) is 7.10. The van der Waals surface area contributed by atoms with Gasteiger partial charge in [-0.2, -0.15) is 0 Å². The number of hydrogen-bond acceptors (Lipinski definition) is 5. The molecule has 0 aliphatic carbocycles. The van der Waals surface area contributed by atoms with Crippen molar-refractivity contribution in [3.8, 4) is 0 Å². The van der Waals surface area contributed by atoms with Crippen LogP contribution < -0.4 is 5.32 Å². The Morgan fingerprint density at radius 2 is 1.95 bits per heavy atom. The molecule has 5 nitrogen and oxygen atoms in total. The van der Waals surface area contributed by atoms with Gasteiger partial charge < -0.3 is 10.4 Å². The molecule has 7 heteroatoms. The molecular formula is C14H11ClN2O3S. The molecule has 1 heterocycles. The molecule has 0 radical (unpaired) electrons. The van der Waals surface area contributed by atoms with Crippen molar-refractivity contribution in [3.05, 3.63) is 53.2 Å². The van der Waals surface area contributed by atoms with Crippen LogP contribution in [-0.4, -0.2) is 27.7 Å². The summed E-state index contributed by atoms with van der Waals surface area (Å²) in [5, 5.41) is 12.5. The minimum absolute atomic E-state index is 0.0161. The Hall–Kier alpha value is -2.05. The Balaban J connectivity index is 1.96. The Bertz CT molecular complexity index is 662. The van der Waals surface area contributed by atoms with Crippen molar-refractivity contribution in [2.24, 2.45) is 0 Å². The molecule has 2 rings (SSSR count). The molecule has 0 aliphatic heterocycles. The fourth-order valence-electron chi connectivity index (χ4n) is 1.52. The lowest BCUT2D eigenvalue weighted by atomic mass is 10.3. The molecule has 0 amide bonds. The van der Waals surface area contributed by atoms with E-state index in [1.54, 1.807) is 24.3 Å². The molecule has 0 saturated heterocycles. The minimum atomic E-state index is -1.11. The first-order valence-corrected chi connectivity index (χ1v) is 7.14. The van der Waals surface area contributed by atoms with Crippen LogP contribution in [-0.2, 0) is 4.79 Å². The van der Waals surface area contributed by atoms with Gasteiger partial charge in [0.25, 0.3) is 0 Å². The first-order chi connectivity index (χ1) is 10.1. The molecule has 0 saturated carbocycles. The number of nitrogens with one attached hydrogen (secondary N) is 1. The summed E-state index contributed by atoms with van der Waals surface area (Å²) < 4.78 is 0. The molecule has 0 atom stereocenters. The number of carboxylic acids is 1. The Kier molecular flexibility index (Phi) is 5.19. The topological polar surface area (TPSA) is 79.3 Å². The third-order valence-electron chi connectivity index (χ3n) is 2.49. The first-order valence-electron chi connectivity index (χ1n) is 5.94. The Labute approximate surface area is 130 Å². The van der Waals surface area contributed by atoms with Crippen molar-refractivity contribution in [2.75, 3.05) is 11.9 Å². The minimum Gasteiger partial charge on any atom is -0.478 e. The second-order valence-electron chi connectivity index (χ2n) is 4.00. The number of aromatic carboxylic acids is 1. The number of carbonyl (C=O) groups excluding carboxylic acids is 1. The number of thioether (sulfide) groups is 1. The molecule has 0 unspecified atom stereocenters. The van der Waals surface area contributed by atoms with Crippen molar-refractivity contribution in [1.82, 2.24) is 4.98 Å². The van der Waals surface area contributed by atoms with Gasteiger partial charge in [-0.3, -0.25) is 4.79 Å². The third-order valence-corrected chi connectivity index (χ3v) is 3.64. The largest absolute Gasteiger partial charge is 0.478 e. The Morgan fingerprint density at radius 1 is 1.24 bits per heavy atom. The number of rotatable bonds is 5. The van der Waals surface area contributed by atoms with Gasteiger partial charge in [-0.25, -0.2) is 9.78 Å². The van der Waals surface area contributed by atoms with Gasteiger partial charge in [0.2, 0.25) is 5.12 Å². The zero-order valence-electron chi connectivity index (χ0n) is 10.7. The zero-order valence-corrected chi connectivity index (χ0v) is 12.3. The molecule has 1 aromatic heterocycles. The monoisotopic (exact) mass is 322 g/mol. The van der Waals surface area contributed by atoms with Crippen LogP contribution in [0, 0.1) is 0 Å². The van der Waals surface area contributed by atoms with Gasteiger partial charge in [0, 0.05) is 16.9 Å². The summed E-state index contributed by atoms with van der Waals surface area (Å²) in [6.45, 7) is 0.0575. The maximum Gasteiger partial charge on any atom is 0.338 e. The molecule has 21 heavy (non-hydrogen) atoms. The van der Waals surface area contributed by atoms with Crippen molar-refractivity contribution >= 4 is 40.1 Å². The molecule has 2 N–H and O–H groups in total. The van der Waals surface area contributed by atoms with Crippen molar-refractivity contribution in [1.29, 1.82) is 0 Å². The van der Waals surface area contributed by atoms with Gasteiger partial charge >= 0.3 is 5.97 Å². The average molecular weight is 323 g/mol. The van der Waals surface area contributed by atoms with Crippen LogP contribution >= 0.6 is 23.4 Å². The van der Waals surface area contributed by atoms with Crippen LogP contribution in [0.4, 0.5) is 5.69 Å². The van der Waals surface area contributed by atoms with Crippen LogP contribution in [0.25, 0.3) is 0 Å². The zero-order chi connectivity index (χ0) is 15.2. The summed E-state index contributed by atoms with van der Waals surface area (Å²) in [5.74, 6) is -1.11. The number of aromatic nitrogens is 1. The maximum atomic E-state index is 11.9. The highest BCUT2D eigenvalue weighted by molar-refractivity contribution is 8.13. The molecule has 0 bridgehead atoms. The van der Waals surface area contributed by atoms with E-state index in [9.17, 15) is 9.59 Å². The summed E-state index contributed by atoms with van der Waals surface area (Å²) >= 11 is 6.57. The quantitative estimate of drug-likeness (QED) is 0.823. The molecule has 108 valence electrons. The van der Waals surface area contributed by atoms with E-state index in [0.29, 0.717) is 5.02 Å². The van der Waals surface area contributed by atoms with E-state index in [1.807, 2.05) is 0 Å². The van der Waals surface area contributed by atoms with E-state index >= 15 is 0 Å². The molecular weight excluding hydrogens is 312 g/mol. The molecule has 0 aliphatic rings. The summed E-state index contributed by atoms with van der Waals surface area (Å²) in [7, 11) is 0.